The van der Waals surface area contributed by atoms with E-state index in [0.717, 1.165) is 13.0 Å². The molecular weight excluding hydrogens is 274 g/mol. The lowest BCUT2D eigenvalue weighted by Crippen LogP contribution is -2.44. The van der Waals surface area contributed by atoms with Crippen LogP contribution in [0.1, 0.15) is 41.0 Å². The van der Waals surface area contributed by atoms with Crippen LogP contribution in [0.15, 0.2) is 30.3 Å². The lowest BCUT2D eigenvalue weighted by atomic mass is 10.0. The number of nitrogens with one attached hydrogen (secondary N) is 1. The molecule has 21 heavy (non-hydrogen) atoms. The summed E-state index contributed by atoms with van der Waals surface area (Å²) in [7, 11) is -1.65. The van der Waals surface area contributed by atoms with Crippen molar-refractivity contribution in [3.05, 3.63) is 30.3 Å². The molecule has 0 heterocycles. The molecule has 120 valence electrons. The van der Waals surface area contributed by atoms with Gasteiger partial charge in [0, 0.05) is 18.3 Å². The number of para-hydroxylation sites is 1. The Labute approximate surface area is 132 Å². The van der Waals surface area contributed by atoms with Gasteiger partial charge in [0.1, 0.15) is 0 Å². The van der Waals surface area contributed by atoms with E-state index in [-0.39, 0.29) is 5.04 Å². The average Bonchev–Trinajstić information content (AvgIpc) is 2.38. The van der Waals surface area contributed by atoms with Gasteiger partial charge >= 0.3 is 0 Å². The molecule has 0 saturated heterocycles. The minimum absolute atomic E-state index is 0.281. The largest absolute Gasteiger partial charge is 0.414 e. The Kier molecular flexibility index (Phi) is 6.48. The molecule has 1 aromatic carbocycles. The zero-order valence-electron chi connectivity index (χ0n) is 14.9. The molecule has 2 unspecified atom stereocenters. The lowest BCUT2D eigenvalue weighted by molar-refractivity contribution is 0.139. The maximum absolute atomic E-state index is 6.48. The van der Waals surface area contributed by atoms with Crippen molar-refractivity contribution < 1.29 is 4.43 Å². The van der Waals surface area contributed by atoms with E-state index in [4.69, 9.17) is 4.43 Å². The highest BCUT2D eigenvalue weighted by atomic mass is 28.4. The fraction of sp³-hybridized carbons (Fsp3) is 0.667. The van der Waals surface area contributed by atoms with Crippen LogP contribution >= 0.6 is 0 Å². The fourth-order valence-electron chi connectivity index (χ4n) is 1.99. The van der Waals surface area contributed by atoms with Crippen molar-refractivity contribution in [2.24, 2.45) is 5.92 Å². The van der Waals surface area contributed by atoms with Crippen LogP contribution in [0.3, 0.4) is 0 Å². The number of anilines is 1. The minimum atomic E-state index is -1.65. The van der Waals surface area contributed by atoms with E-state index in [2.05, 4.69) is 77.3 Å². The van der Waals surface area contributed by atoms with Crippen LogP contribution in [0.25, 0.3) is 0 Å². The third-order valence-corrected chi connectivity index (χ3v) is 9.36. The van der Waals surface area contributed by atoms with Gasteiger partial charge in [0.25, 0.3) is 0 Å². The summed E-state index contributed by atoms with van der Waals surface area (Å²) in [5.41, 5.74) is 1.20. The molecule has 0 aliphatic rings. The second kappa shape index (κ2) is 7.46. The van der Waals surface area contributed by atoms with Crippen LogP contribution in [0.2, 0.25) is 18.1 Å². The molecule has 2 nitrogen and oxygen atoms in total. The van der Waals surface area contributed by atoms with E-state index in [0.29, 0.717) is 12.0 Å². The van der Waals surface area contributed by atoms with Crippen LogP contribution in [0.5, 0.6) is 0 Å². The first-order valence-corrected chi connectivity index (χ1v) is 11.0. The SMILES string of the molecule is CC(CCNc1ccccc1)C(C)O[Si](C)(C)C(C)(C)C. The van der Waals surface area contributed by atoms with Gasteiger partial charge in [-0.05, 0) is 49.5 Å². The van der Waals surface area contributed by atoms with E-state index in [1.54, 1.807) is 0 Å². The molecule has 1 aromatic rings. The molecule has 0 radical (unpaired) electrons. The summed E-state index contributed by atoms with van der Waals surface area (Å²) in [6.45, 7) is 17.1. The highest BCUT2D eigenvalue weighted by Crippen LogP contribution is 2.38. The van der Waals surface area contributed by atoms with Crippen LogP contribution in [0.4, 0.5) is 5.69 Å². The first-order chi connectivity index (χ1) is 9.63. The van der Waals surface area contributed by atoms with E-state index < -0.39 is 8.32 Å². The second-order valence-electron chi connectivity index (χ2n) is 7.64. The van der Waals surface area contributed by atoms with Crippen molar-refractivity contribution in [1.82, 2.24) is 0 Å². The predicted molar refractivity (Wildman–Crippen MR) is 96.5 cm³/mol. The van der Waals surface area contributed by atoms with Gasteiger partial charge in [0.05, 0.1) is 0 Å². The summed E-state index contributed by atoms with van der Waals surface area (Å²) in [4.78, 5) is 0. The Hall–Kier alpha value is -0.803. The first kappa shape index (κ1) is 18.2. The van der Waals surface area contributed by atoms with E-state index >= 15 is 0 Å². The summed E-state index contributed by atoms with van der Waals surface area (Å²) in [6.07, 6.45) is 1.45. The van der Waals surface area contributed by atoms with Gasteiger partial charge in [-0.1, -0.05) is 45.9 Å². The molecule has 1 rings (SSSR count). The summed E-state index contributed by atoms with van der Waals surface area (Å²) in [5, 5.41) is 3.76. The highest BCUT2D eigenvalue weighted by molar-refractivity contribution is 6.74. The Morgan fingerprint density at radius 3 is 2.19 bits per heavy atom. The van der Waals surface area contributed by atoms with Crippen LogP contribution in [-0.4, -0.2) is 21.0 Å². The van der Waals surface area contributed by atoms with Crippen molar-refractivity contribution in [3.63, 3.8) is 0 Å². The van der Waals surface area contributed by atoms with Gasteiger partial charge in [0.2, 0.25) is 0 Å². The fourth-order valence-corrected chi connectivity index (χ4v) is 3.51. The van der Waals surface area contributed by atoms with Crippen molar-refractivity contribution >= 4 is 14.0 Å². The topological polar surface area (TPSA) is 21.3 Å². The van der Waals surface area contributed by atoms with Crippen molar-refractivity contribution in [2.75, 3.05) is 11.9 Å². The molecule has 0 spiro atoms. The smallest absolute Gasteiger partial charge is 0.192 e. The Bertz CT molecular complexity index is 411. The van der Waals surface area contributed by atoms with Gasteiger partial charge in [-0.15, -0.1) is 0 Å². The van der Waals surface area contributed by atoms with E-state index in [1.165, 1.54) is 5.69 Å². The molecule has 0 aliphatic heterocycles. The standard InChI is InChI=1S/C18H33NOSi/c1-15(13-14-19-17-11-9-8-10-12-17)16(2)20-21(6,7)18(3,4)5/h8-12,15-16,19H,13-14H2,1-7H3. The maximum Gasteiger partial charge on any atom is 0.192 e. The molecule has 0 amide bonds. The number of hydrogen-bond acceptors (Lipinski definition) is 2. The van der Waals surface area contributed by atoms with Gasteiger partial charge < -0.3 is 9.74 Å². The van der Waals surface area contributed by atoms with E-state index in [1.807, 2.05) is 6.07 Å². The summed E-state index contributed by atoms with van der Waals surface area (Å²) >= 11 is 0. The summed E-state index contributed by atoms with van der Waals surface area (Å²) < 4.78 is 6.48. The average molecular weight is 308 g/mol. The Morgan fingerprint density at radius 1 is 1.10 bits per heavy atom. The quantitative estimate of drug-likeness (QED) is 0.668. The van der Waals surface area contributed by atoms with Crippen molar-refractivity contribution in [2.45, 2.75) is 65.3 Å². The Balaban J connectivity index is 2.39. The molecule has 2 atom stereocenters. The molecule has 0 aromatic heterocycles. The van der Waals surface area contributed by atoms with Crippen LogP contribution in [-0.2, 0) is 4.43 Å². The minimum Gasteiger partial charge on any atom is -0.414 e. The monoisotopic (exact) mass is 307 g/mol. The third kappa shape index (κ3) is 5.83. The van der Waals surface area contributed by atoms with Crippen LogP contribution < -0.4 is 5.32 Å². The summed E-state index contributed by atoms with van der Waals surface area (Å²) in [6, 6.07) is 10.4. The lowest BCUT2D eigenvalue weighted by Gasteiger charge is -2.40. The van der Waals surface area contributed by atoms with Gasteiger partial charge in [-0.3, -0.25) is 0 Å². The molecule has 3 heteroatoms. The zero-order valence-corrected chi connectivity index (χ0v) is 15.9. The molecular formula is C18H33NOSi. The molecule has 0 aliphatic carbocycles. The Morgan fingerprint density at radius 2 is 1.67 bits per heavy atom. The van der Waals surface area contributed by atoms with E-state index in [9.17, 15) is 0 Å². The zero-order chi connectivity index (χ0) is 16.1. The van der Waals surface area contributed by atoms with Crippen molar-refractivity contribution in [3.8, 4) is 0 Å². The van der Waals surface area contributed by atoms with Gasteiger partial charge in [0.15, 0.2) is 8.32 Å². The normalized spacial score (nSPS) is 15.6. The molecule has 0 fully saturated rings. The predicted octanol–water partition coefficient (Wildman–Crippen LogP) is 5.54. The molecule has 0 saturated carbocycles. The van der Waals surface area contributed by atoms with Gasteiger partial charge in [-0.25, -0.2) is 0 Å². The molecule has 0 bridgehead atoms. The second-order valence-corrected chi connectivity index (χ2v) is 12.4. The first-order valence-electron chi connectivity index (χ1n) is 8.10. The van der Waals surface area contributed by atoms with Crippen LogP contribution in [0, 0.1) is 5.92 Å². The molecule has 1 N–H and O–H groups in total. The third-order valence-electron chi connectivity index (χ3n) is 4.79. The maximum atomic E-state index is 6.48. The summed E-state index contributed by atoms with van der Waals surface area (Å²) in [5.74, 6) is 0.565. The van der Waals surface area contributed by atoms with Gasteiger partial charge in [-0.2, -0.15) is 0 Å². The number of benzene rings is 1. The number of hydrogen-bond donors (Lipinski definition) is 1. The highest BCUT2D eigenvalue weighted by Gasteiger charge is 2.39. The van der Waals surface area contributed by atoms with Crippen molar-refractivity contribution in [1.29, 1.82) is 0 Å². The number of rotatable bonds is 7.